The minimum atomic E-state index is -0.740. The van der Waals surface area contributed by atoms with Gasteiger partial charge in [0.25, 0.3) is 0 Å². The third kappa shape index (κ3) is 4.13. The summed E-state index contributed by atoms with van der Waals surface area (Å²) >= 11 is 6.35. The minimum Gasteiger partial charge on any atom is -0.481 e. The molecule has 1 heterocycles. The zero-order chi connectivity index (χ0) is 13.7. The molecule has 0 aromatic heterocycles. The molecule has 1 N–H and O–H groups in total. The third-order valence-corrected chi connectivity index (χ3v) is 3.87. The number of piperidine rings is 1. The standard InChI is InChI=1S/C15H20ClNO2/c16-13-11-12(5-4-6-15(18)19)7-8-14(13)17-9-2-1-3-10-17/h7-8,11H,1-6,9-10H2,(H,18,19). The zero-order valence-electron chi connectivity index (χ0n) is 11.1. The predicted molar refractivity (Wildman–Crippen MR) is 78.1 cm³/mol. The molecule has 1 fully saturated rings. The first-order valence-corrected chi connectivity index (χ1v) is 7.30. The third-order valence-electron chi connectivity index (χ3n) is 3.56. The maximum atomic E-state index is 10.5. The van der Waals surface area contributed by atoms with Crippen LogP contribution in [0, 0.1) is 0 Å². The van der Waals surface area contributed by atoms with Gasteiger partial charge < -0.3 is 10.0 Å². The quantitative estimate of drug-likeness (QED) is 0.894. The molecule has 1 saturated heterocycles. The van der Waals surface area contributed by atoms with Gasteiger partial charge in [-0.15, -0.1) is 0 Å². The van der Waals surface area contributed by atoms with Gasteiger partial charge in [0.1, 0.15) is 0 Å². The highest BCUT2D eigenvalue weighted by Gasteiger charge is 2.13. The first-order chi connectivity index (χ1) is 9.16. The lowest BCUT2D eigenvalue weighted by atomic mass is 10.1. The number of halogens is 1. The van der Waals surface area contributed by atoms with Crippen molar-refractivity contribution in [3.63, 3.8) is 0 Å². The highest BCUT2D eigenvalue weighted by atomic mass is 35.5. The van der Waals surface area contributed by atoms with E-state index in [0.717, 1.165) is 35.8 Å². The fourth-order valence-corrected chi connectivity index (χ4v) is 2.86. The monoisotopic (exact) mass is 281 g/mol. The second kappa shape index (κ2) is 6.80. The Bertz CT molecular complexity index is 442. The summed E-state index contributed by atoms with van der Waals surface area (Å²) in [6.45, 7) is 2.16. The van der Waals surface area contributed by atoms with E-state index in [0.29, 0.717) is 6.42 Å². The molecule has 0 atom stereocenters. The Morgan fingerprint density at radius 2 is 2.00 bits per heavy atom. The number of rotatable bonds is 5. The number of nitrogens with zero attached hydrogens (tertiary/aromatic N) is 1. The first kappa shape index (κ1) is 14.2. The van der Waals surface area contributed by atoms with Gasteiger partial charge in [-0.1, -0.05) is 17.7 Å². The first-order valence-electron chi connectivity index (χ1n) is 6.92. The molecule has 1 aliphatic rings. The van der Waals surface area contributed by atoms with Crippen molar-refractivity contribution in [1.82, 2.24) is 0 Å². The van der Waals surface area contributed by atoms with Crippen LogP contribution >= 0.6 is 11.6 Å². The number of carbonyl (C=O) groups is 1. The average molecular weight is 282 g/mol. The minimum absolute atomic E-state index is 0.214. The van der Waals surface area contributed by atoms with Gasteiger partial charge in [-0.3, -0.25) is 4.79 Å². The molecule has 0 radical (unpaired) electrons. The molecular formula is C15H20ClNO2. The van der Waals surface area contributed by atoms with Crippen LogP contribution in [0.5, 0.6) is 0 Å². The summed E-state index contributed by atoms with van der Waals surface area (Å²) in [4.78, 5) is 12.8. The fourth-order valence-electron chi connectivity index (χ4n) is 2.54. The van der Waals surface area contributed by atoms with E-state index in [1.54, 1.807) is 0 Å². The van der Waals surface area contributed by atoms with Gasteiger partial charge >= 0.3 is 5.97 Å². The Hall–Kier alpha value is -1.22. The van der Waals surface area contributed by atoms with E-state index in [2.05, 4.69) is 17.0 Å². The lowest BCUT2D eigenvalue weighted by Gasteiger charge is -2.29. The molecule has 0 amide bonds. The van der Waals surface area contributed by atoms with Crippen molar-refractivity contribution >= 4 is 23.3 Å². The van der Waals surface area contributed by atoms with Crippen LogP contribution in [0.3, 0.4) is 0 Å². The Morgan fingerprint density at radius 1 is 1.26 bits per heavy atom. The normalized spacial score (nSPS) is 15.5. The largest absolute Gasteiger partial charge is 0.481 e. The van der Waals surface area contributed by atoms with Crippen molar-refractivity contribution in [1.29, 1.82) is 0 Å². The number of aryl methyl sites for hydroxylation is 1. The van der Waals surface area contributed by atoms with Gasteiger partial charge in [0.15, 0.2) is 0 Å². The Labute approximate surface area is 119 Å². The van der Waals surface area contributed by atoms with Crippen LogP contribution in [0.4, 0.5) is 5.69 Å². The number of benzene rings is 1. The number of carboxylic acids is 1. The van der Waals surface area contributed by atoms with Crippen LogP contribution in [-0.2, 0) is 11.2 Å². The van der Waals surface area contributed by atoms with Crippen LogP contribution in [0.25, 0.3) is 0 Å². The van der Waals surface area contributed by atoms with Crippen molar-refractivity contribution in [2.45, 2.75) is 38.5 Å². The molecule has 0 unspecified atom stereocenters. The zero-order valence-corrected chi connectivity index (χ0v) is 11.8. The van der Waals surface area contributed by atoms with Crippen LogP contribution in [0.1, 0.15) is 37.7 Å². The molecular weight excluding hydrogens is 262 g/mol. The maximum absolute atomic E-state index is 10.5. The second-order valence-electron chi connectivity index (χ2n) is 5.08. The molecule has 19 heavy (non-hydrogen) atoms. The molecule has 0 spiro atoms. The number of carboxylic acid groups (broad SMARTS) is 1. The predicted octanol–water partition coefficient (Wildman–Crippen LogP) is 3.74. The molecule has 1 aromatic rings. The van der Waals surface area contributed by atoms with E-state index >= 15 is 0 Å². The highest BCUT2D eigenvalue weighted by molar-refractivity contribution is 6.33. The molecule has 1 aliphatic heterocycles. The fraction of sp³-hybridized carbons (Fsp3) is 0.533. The van der Waals surface area contributed by atoms with E-state index in [4.69, 9.17) is 16.7 Å². The molecule has 104 valence electrons. The van der Waals surface area contributed by atoms with Crippen LogP contribution in [0.2, 0.25) is 5.02 Å². The summed E-state index contributed by atoms with van der Waals surface area (Å²) in [7, 11) is 0. The van der Waals surface area contributed by atoms with Crippen molar-refractivity contribution in [3.8, 4) is 0 Å². The van der Waals surface area contributed by atoms with E-state index in [9.17, 15) is 4.79 Å². The lowest BCUT2D eigenvalue weighted by Crippen LogP contribution is -2.29. The van der Waals surface area contributed by atoms with E-state index < -0.39 is 5.97 Å². The maximum Gasteiger partial charge on any atom is 0.303 e. The van der Waals surface area contributed by atoms with Gasteiger partial charge in [0.2, 0.25) is 0 Å². The summed E-state index contributed by atoms with van der Waals surface area (Å²) in [6.07, 6.45) is 5.42. The second-order valence-corrected chi connectivity index (χ2v) is 5.49. The molecule has 4 heteroatoms. The average Bonchev–Trinajstić information content (AvgIpc) is 2.39. The van der Waals surface area contributed by atoms with Crippen molar-refractivity contribution in [2.24, 2.45) is 0 Å². The number of hydrogen-bond donors (Lipinski definition) is 1. The number of hydrogen-bond acceptors (Lipinski definition) is 2. The van der Waals surface area contributed by atoms with Gasteiger partial charge in [-0.25, -0.2) is 0 Å². The summed E-state index contributed by atoms with van der Waals surface area (Å²) in [5.41, 5.74) is 2.23. The SMILES string of the molecule is O=C(O)CCCc1ccc(N2CCCCC2)c(Cl)c1. The van der Waals surface area contributed by atoms with Gasteiger partial charge in [-0.05, 0) is 49.8 Å². The molecule has 3 nitrogen and oxygen atoms in total. The van der Waals surface area contributed by atoms with E-state index in [1.165, 1.54) is 19.3 Å². The Morgan fingerprint density at radius 3 is 2.63 bits per heavy atom. The molecule has 0 bridgehead atoms. The topological polar surface area (TPSA) is 40.5 Å². The highest BCUT2D eigenvalue weighted by Crippen LogP contribution is 2.29. The molecule has 2 rings (SSSR count). The van der Waals surface area contributed by atoms with E-state index in [-0.39, 0.29) is 6.42 Å². The summed E-state index contributed by atoms with van der Waals surface area (Å²) in [5.74, 6) is -0.740. The number of aliphatic carboxylic acids is 1. The van der Waals surface area contributed by atoms with Crippen molar-refractivity contribution < 1.29 is 9.90 Å². The molecule has 1 aromatic carbocycles. The van der Waals surface area contributed by atoms with Crippen LogP contribution in [0.15, 0.2) is 18.2 Å². The summed E-state index contributed by atoms with van der Waals surface area (Å²) < 4.78 is 0. The number of anilines is 1. The molecule has 0 aliphatic carbocycles. The Balaban J connectivity index is 1.98. The van der Waals surface area contributed by atoms with Crippen molar-refractivity contribution in [2.75, 3.05) is 18.0 Å². The smallest absolute Gasteiger partial charge is 0.303 e. The van der Waals surface area contributed by atoms with E-state index in [1.807, 2.05) is 6.07 Å². The van der Waals surface area contributed by atoms with Gasteiger partial charge in [0.05, 0.1) is 10.7 Å². The van der Waals surface area contributed by atoms with Gasteiger partial charge in [-0.2, -0.15) is 0 Å². The van der Waals surface area contributed by atoms with Crippen LogP contribution < -0.4 is 4.90 Å². The molecule has 0 saturated carbocycles. The summed E-state index contributed by atoms with van der Waals surface area (Å²) in [6, 6.07) is 6.12. The summed E-state index contributed by atoms with van der Waals surface area (Å²) in [5, 5.41) is 9.41. The van der Waals surface area contributed by atoms with Crippen molar-refractivity contribution in [3.05, 3.63) is 28.8 Å². The lowest BCUT2D eigenvalue weighted by molar-refractivity contribution is -0.137. The van der Waals surface area contributed by atoms with Crippen LogP contribution in [-0.4, -0.2) is 24.2 Å². The van der Waals surface area contributed by atoms with Gasteiger partial charge in [0, 0.05) is 19.5 Å². The Kier molecular flexibility index (Phi) is 5.08.